The van der Waals surface area contributed by atoms with Crippen LogP contribution in [-0.2, 0) is 31.4 Å². The van der Waals surface area contributed by atoms with Crippen LogP contribution in [0.1, 0.15) is 76.3 Å². The molecule has 228 valence electrons. The predicted molar refractivity (Wildman–Crippen MR) is 168 cm³/mol. The van der Waals surface area contributed by atoms with Crippen molar-refractivity contribution in [2.24, 2.45) is 17.8 Å². The Morgan fingerprint density at radius 3 is 2.05 bits per heavy atom. The molecule has 2 aromatic carbocycles. The molecule has 0 spiro atoms. The number of nitrogens with zero attached hydrogens (tertiary/aromatic N) is 2. The van der Waals surface area contributed by atoms with E-state index in [1.54, 1.807) is 4.90 Å². The molecule has 0 saturated heterocycles. The molecule has 42 heavy (non-hydrogen) atoms. The van der Waals surface area contributed by atoms with Crippen molar-refractivity contribution in [1.29, 1.82) is 0 Å². The molecule has 0 aliphatic heterocycles. The fourth-order valence-electron chi connectivity index (χ4n) is 8.32. The number of hydrogen-bond acceptors (Lipinski definition) is 4. The van der Waals surface area contributed by atoms with Gasteiger partial charge in [0.05, 0.1) is 11.9 Å². The number of hydrogen-bond donors (Lipinski definition) is 1. The summed E-state index contributed by atoms with van der Waals surface area (Å²) in [6.07, 6.45) is 10.8. The summed E-state index contributed by atoms with van der Waals surface area (Å²) < 4.78 is 27.3. The van der Waals surface area contributed by atoms with Crippen LogP contribution in [0.2, 0.25) is 0 Å². The van der Waals surface area contributed by atoms with Gasteiger partial charge in [-0.15, -0.1) is 0 Å². The van der Waals surface area contributed by atoms with Crippen LogP contribution in [0.3, 0.4) is 0 Å². The predicted octanol–water partition coefficient (Wildman–Crippen LogP) is 5.30. The number of amides is 2. The standard InChI is InChI=1S/C34H47N3O4S/c1-4-16-35-33(39)31(5-2)36(17-15-25-9-7-6-8-10-25)32(38)24-37(42(3,40)41)30-13-11-29(12-14-30)34-21-26-18-27(22-34)20-28(19-26)23-34/h6-14,26-28,31H,4-5,15-24H2,1-3H3,(H,35,39)/t26?,27?,28?,31-,34?/m1/s1. The van der Waals surface area contributed by atoms with Crippen molar-refractivity contribution in [2.75, 3.05) is 30.2 Å². The van der Waals surface area contributed by atoms with Crippen LogP contribution in [0.15, 0.2) is 54.6 Å². The van der Waals surface area contributed by atoms with Gasteiger partial charge in [-0.3, -0.25) is 13.9 Å². The molecule has 0 heterocycles. The van der Waals surface area contributed by atoms with Crippen LogP contribution >= 0.6 is 0 Å². The molecule has 6 rings (SSSR count). The van der Waals surface area contributed by atoms with Gasteiger partial charge in [0.2, 0.25) is 21.8 Å². The number of carbonyl (C=O) groups is 2. The number of benzene rings is 2. The first kappa shape index (κ1) is 30.6. The smallest absolute Gasteiger partial charge is 0.244 e. The molecule has 0 unspecified atom stereocenters. The Morgan fingerprint density at radius 2 is 1.52 bits per heavy atom. The quantitative estimate of drug-likeness (QED) is 0.342. The Balaban J connectivity index is 1.37. The lowest BCUT2D eigenvalue weighted by molar-refractivity contribution is -0.139. The third-order valence-corrected chi connectivity index (χ3v) is 11.0. The van der Waals surface area contributed by atoms with Crippen LogP contribution < -0.4 is 9.62 Å². The average molecular weight is 594 g/mol. The SMILES string of the molecule is CCCNC(=O)[C@@H](CC)N(CCc1ccccc1)C(=O)CN(c1ccc(C23CC4CC(CC(C4)C2)C3)cc1)S(C)(=O)=O. The van der Waals surface area contributed by atoms with Gasteiger partial charge in [-0.05, 0) is 104 Å². The average Bonchev–Trinajstić information content (AvgIpc) is 2.96. The third-order valence-electron chi connectivity index (χ3n) is 9.90. The minimum atomic E-state index is -3.75. The maximum absolute atomic E-state index is 13.9. The zero-order valence-electron chi connectivity index (χ0n) is 25.4. The monoisotopic (exact) mass is 593 g/mol. The molecule has 4 aliphatic rings. The number of sulfonamides is 1. The van der Waals surface area contributed by atoms with E-state index in [1.807, 2.05) is 56.3 Å². The van der Waals surface area contributed by atoms with E-state index < -0.39 is 16.1 Å². The van der Waals surface area contributed by atoms with Crippen LogP contribution in [-0.4, -0.2) is 57.1 Å². The lowest BCUT2D eigenvalue weighted by Crippen LogP contribution is -2.53. The van der Waals surface area contributed by atoms with E-state index in [0.29, 0.717) is 31.6 Å². The molecule has 7 nitrogen and oxygen atoms in total. The number of carbonyl (C=O) groups excluding carboxylic acids is 2. The second-order valence-electron chi connectivity index (χ2n) is 13.1. The summed E-state index contributed by atoms with van der Waals surface area (Å²) in [5.74, 6) is 1.89. The summed E-state index contributed by atoms with van der Waals surface area (Å²) in [7, 11) is -3.75. The first-order chi connectivity index (χ1) is 20.1. The molecule has 4 fully saturated rings. The Bertz CT molecular complexity index is 1310. The second kappa shape index (κ2) is 12.8. The Labute approximate surface area is 252 Å². The fraction of sp³-hybridized carbons (Fsp3) is 0.588. The van der Waals surface area contributed by atoms with E-state index in [4.69, 9.17) is 0 Å². The molecule has 1 atom stereocenters. The van der Waals surface area contributed by atoms with E-state index in [2.05, 4.69) is 17.4 Å². The Kier molecular flexibility index (Phi) is 9.31. The van der Waals surface area contributed by atoms with E-state index in [-0.39, 0.29) is 23.8 Å². The molecule has 0 radical (unpaired) electrons. The van der Waals surface area contributed by atoms with Gasteiger partial charge in [-0.2, -0.15) is 0 Å². The van der Waals surface area contributed by atoms with E-state index >= 15 is 0 Å². The van der Waals surface area contributed by atoms with E-state index in [0.717, 1.165) is 36.0 Å². The van der Waals surface area contributed by atoms with Gasteiger partial charge in [0.15, 0.2) is 0 Å². The van der Waals surface area contributed by atoms with Crippen LogP contribution in [0, 0.1) is 17.8 Å². The van der Waals surface area contributed by atoms with Crippen LogP contribution in [0.4, 0.5) is 5.69 Å². The second-order valence-corrected chi connectivity index (χ2v) is 15.0. The molecular formula is C34H47N3O4S. The molecule has 2 amide bonds. The summed E-state index contributed by atoms with van der Waals surface area (Å²) in [5, 5.41) is 2.93. The van der Waals surface area contributed by atoms with Crippen molar-refractivity contribution in [1.82, 2.24) is 10.2 Å². The Hall–Kier alpha value is -2.87. The van der Waals surface area contributed by atoms with Gasteiger partial charge in [0.1, 0.15) is 12.6 Å². The highest BCUT2D eigenvalue weighted by Crippen LogP contribution is 2.60. The largest absolute Gasteiger partial charge is 0.354 e. The molecule has 1 N–H and O–H groups in total. The van der Waals surface area contributed by atoms with Crippen molar-refractivity contribution >= 4 is 27.5 Å². The lowest BCUT2D eigenvalue weighted by atomic mass is 9.48. The number of anilines is 1. The number of rotatable bonds is 13. The maximum atomic E-state index is 13.9. The molecule has 4 saturated carbocycles. The van der Waals surface area contributed by atoms with Crippen molar-refractivity contribution in [2.45, 2.75) is 83.1 Å². The molecule has 2 aromatic rings. The van der Waals surface area contributed by atoms with E-state index in [9.17, 15) is 18.0 Å². The van der Waals surface area contributed by atoms with Crippen molar-refractivity contribution in [3.8, 4) is 0 Å². The Morgan fingerprint density at radius 1 is 0.929 bits per heavy atom. The van der Waals surface area contributed by atoms with Crippen LogP contribution in [0.25, 0.3) is 0 Å². The van der Waals surface area contributed by atoms with Gasteiger partial charge in [-0.25, -0.2) is 8.42 Å². The van der Waals surface area contributed by atoms with E-state index in [1.165, 1.54) is 48.4 Å². The van der Waals surface area contributed by atoms with Gasteiger partial charge in [0.25, 0.3) is 0 Å². The first-order valence-corrected chi connectivity index (χ1v) is 17.7. The molecule has 0 aromatic heterocycles. The van der Waals surface area contributed by atoms with Gasteiger partial charge in [0, 0.05) is 13.1 Å². The summed E-state index contributed by atoms with van der Waals surface area (Å²) in [6, 6.07) is 17.1. The van der Waals surface area contributed by atoms with Gasteiger partial charge >= 0.3 is 0 Å². The van der Waals surface area contributed by atoms with Crippen LogP contribution in [0.5, 0.6) is 0 Å². The van der Waals surface area contributed by atoms with Gasteiger partial charge in [-0.1, -0.05) is 56.3 Å². The zero-order valence-corrected chi connectivity index (χ0v) is 26.2. The summed E-state index contributed by atoms with van der Waals surface area (Å²) >= 11 is 0. The highest BCUT2D eigenvalue weighted by atomic mass is 32.2. The number of nitrogens with one attached hydrogen (secondary N) is 1. The minimum absolute atomic E-state index is 0.202. The maximum Gasteiger partial charge on any atom is 0.244 e. The minimum Gasteiger partial charge on any atom is -0.354 e. The normalized spacial score (nSPS) is 25.2. The van der Waals surface area contributed by atoms with Crippen molar-refractivity contribution in [3.63, 3.8) is 0 Å². The molecule has 4 bridgehead atoms. The van der Waals surface area contributed by atoms with Gasteiger partial charge < -0.3 is 10.2 Å². The topological polar surface area (TPSA) is 86.8 Å². The molecular weight excluding hydrogens is 546 g/mol. The third kappa shape index (κ3) is 6.69. The fourth-order valence-corrected chi connectivity index (χ4v) is 9.17. The lowest BCUT2D eigenvalue weighted by Gasteiger charge is -2.57. The summed E-state index contributed by atoms with van der Waals surface area (Å²) in [6.45, 7) is 4.38. The summed E-state index contributed by atoms with van der Waals surface area (Å²) in [5.41, 5.74) is 3.08. The molecule has 8 heteroatoms. The highest BCUT2D eigenvalue weighted by molar-refractivity contribution is 7.92. The van der Waals surface area contributed by atoms with Crippen molar-refractivity contribution < 1.29 is 18.0 Å². The van der Waals surface area contributed by atoms with Crippen molar-refractivity contribution in [3.05, 3.63) is 65.7 Å². The highest BCUT2D eigenvalue weighted by Gasteiger charge is 2.51. The zero-order chi connectivity index (χ0) is 29.9. The summed E-state index contributed by atoms with van der Waals surface area (Å²) in [4.78, 5) is 28.6. The first-order valence-electron chi connectivity index (χ1n) is 15.8. The molecule has 4 aliphatic carbocycles.